The van der Waals surface area contributed by atoms with Crippen LogP contribution in [0, 0.1) is 11.8 Å². The van der Waals surface area contributed by atoms with Gasteiger partial charge in [0.25, 0.3) is 0 Å². The Labute approximate surface area is 109 Å². The van der Waals surface area contributed by atoms with Crippen LogP contribution in [0.1, 0.15) is 19.4 Å². The van der Waals surface area contributed by atoms with Gasteiger partial charge in [-0.05, 0) is 24.0 Å². The highest BCUT2D eigenvalue weighted by atomic mass is 16.2. The number of hydrogen-bond donors (Lipinski definition) is 1. The third-order valence-electron chi connectivity index (χ3n) is 3.39. The van der Waals surface area contributed by atoms with Crippen LogP contribution in [0.2, 0.25) is 0 Å². The Kier molecular flexibility index (Phi) is 3.90. The summed E-state index contributed by atoms with van der Waals surface area (Å²) in [5.74, 6) is 0.845. The minimum atomic E-state index is 0.0728. The molecule has 1 N–H and O–H groups in total. The van der Waals surface area contributed by atoms with Gasteiger partial charge in [-0.1, -0.05) is 32.0 Å². The number of fused-ring (bicyclic) bond motifs is 1. The van der Waals surface area contributed by atoms with Crippen LogP contribution in [0.3, 0.4) is 0 Å². The van der Waals surface area contributed by atoms with Crippen molar-refractivity contribution in [3.63, 3.8) is 0 Å². The molecule has 3 nitrogen and oxygen atoms in total. The van der Waals surface area contributed by atoms with Crippen molar-refractivity contribution >= 4 is 11.6 Å². The van der Waals surface area contributed by atoms with E-state index in [0.717, 1.165) is 19.5 Å². The quantitative estimate of drug-likeness (QED) is 0.888. The van der Waals surface area contributed by atoms with Gasteiger partial charge < -0.3 is 10.2 Å². The van der Waals surface area contributed by atoms with E-state index in [1.165, 1.54) is 11.3 Å². The van der Waals surface area contributed by atoms with Gasteiger partial charge in [0.05, 0.1) is 5.92 Å². The monoisotopic (exact) mass is 246 g/mol. The molecule has 0 aliphatic carbocycles. The van der Waals surface area contributed by atoms with Gasteiger partial charge in [0.2, 0.25) is 5.91 Å². The summed E-state index contributed by atoms with van der Waals surface area (Å²) < 4.78 is 0. The molecule has 18 heavy (non-hydrogen) atoms. The highest BCUT2D eigenvalue weighted by Crippen LogP contribution is 2.25. The molecule has 3 heteroatoms. The zero-order chi connectivity index (χ0) is 13.1. The zero-order valence-electron chi connectivity index (χ0n) is 11.4. The molecule has 0 saturated heterocycles. The van der Waals surface area contributed by atoms with Crippen LogP contribution in [0.4, 0.5) is 5.69 Å². The molecule has 0 fully saturated rings. The molecule has 1 aliphatic rings. The van der Waals surface area contributed by atoms with Gasteiger partial charge >= 0.3 is 0 Å². The number of anilines is 1. The van der Waals surface area contributed by atoms with Crippen LogP contribution >= 0.6 is 0 Å². The summed E-state index contributed by atoms with van der Waals surface area (Å²) in [7, 11) is 1.91. The van der Waals surface area contributed by atoms with E-state index in [4.69, 9.17) is 0 Å². The average molecular weight is 246 g/mol. The molecule has 1 aliphatic heterocycles. The van der Waals surface area contributed by atoms with E-state index < -0.39 is 0 Å². The minimum absolute atomic E-state index is 0.0728. The fourth-order valence-corrected chi connectivity index (χ4v) is 2.57. The van der Waals surface area contributed by atoms with Gasteiger partial charge in [0, 0.05) is 25.8 Å². The Morgan fingerprint density at radius 3 is 2.89 bits per heavy atom. The van der Waals surface area contributed by atoms with E-state index in [9.17, 15) is 4.79 Å². The molecule has 0 radical (unpaired) electrons. The van der Waals surface area contributed by atoms with Gasteiger partial charge in [0.15, 0.2) is 0 Å². The fraction of sp³-hybridized carbons (Fsp3) is 0.533. The Hall–Kier alpha value is -1.51. The van der Waals surface area contributed by atoms with Crippen molar-refractivity contribution in [2.45, 2.75) is 20.3 Å². The lowest BCUT2D eigenvalue weighted by Gasteiger charge is -2.29. The number of carbonyl (C=O) groups is 1. The summed E-state index contributed by atoms with van der Waals surface area (Å²) in [6.07, 6.45) is 0.852. The average Bonchev–Trinajstić information content (AvgIpc) is 2.36. The molecule has 0 bridgehead atoms. The first-order valence-corrected chi connectivity index (χ1v) is 6.64. The molecule has 98 valence electrons. The summed E-state index contributed by atoms with van der Waals surface area (Å²) >= 11 is 0. The molecular formula is C15H22N2O. The number of benzene rings is 1. The molecule has 1 aromatic carbocycles. The zero-order valence-corrected chi connectivity index (χ0v) is 11.4. The molecule has 0 aromatic heterocycles. The predicted molar refractivity (Wildman–Crippen MR) is 74.6 cm³/mol. The van der Waals surface area contributed by atoms with Gasteiger partial charge in [-0.3, -0.25) is 4.79 Å². The van der Waals surface area contributed by atoms with Crippen molar-refractivity contribution < 1.29 is 4.79 Å². The smallest absolute Gasteiger partial charge is 0.227 e. The Bertz CT molecular complexity index is 428. The van der Waals surface area contributed by atoms with E-state index in [1.54, 1.807) is 0 Å². The number of amides is 1. The molecule has 1 atom stereocenters. The number of para-hydroxylation sites is 1. The molecule has 1 amide bonds. The largest absolute Gasteiger partial charge is 0.384 e. The second-order valence-corrected chi connectivity index (χ2v) is 5.55. The first kappa shape index (κ1) is 12.9. The standard InChI is InChI=1S/C15H22N2O/c1-11(2)10-17(3)15(18)13-8-12-6-4-5-7-14(12)16-9-13/h4-7,11,13,16H,8-10H2,1-3H3. The second kappa shape index (κ2) is 5.42. The maximum Gasteiger partial charge on any atom is 0.227 e. The van der Waals surface area contributed by atoms with E-state index in [2.05, 4.69) is 31.3 Å². The van der Waals surface area contributed by atoms with Crippen LogP contribution in [0.5, 0.6) is 0 Å². The van der Waals surface area contributed by atoms with Crippen molar-refractivity contribution in [2.24, 2.45) is 11.8 Å². The van der Waals surface area contributed by atoms with Crippen molar-refractivity contribution in [1.82, 2.24) is 4.90 Å². The minimum Gasteiger partial charge on any atom is -0.384 e. The van der Waals surface area contributed by atoms with E-state index in [1.807, 2.05) is 24.1 Å². The molecule has 1 aromatic rings. The van der Waals surface area contributed by atoms with Crippen LogP contribution in [-0.2, 0) is 11.2 Å². The third kappa shape index (κ3) is 2.84. The summed E-state index contributed by atoms with van der Waals surface area (Å²) in [5, 5.41) is 3.35. The van der Waals surface area contributed by atoms with Crippen molar-refractivity contribution in [1.29, 1.82) is 0 Å². The molecular weight excluding hydrogens is 224 g/mol. The third-order valence-corrected chi connectivity index (χ3v) is 3.39. The molecule has 1 unspecified atom stereocenters. The number of carbonyl (C=O) groups excluding carboxylic acids is 1. The molecule has 2 rings (SSSR count). The maximum absolute atomic E-state index is 12.3. The van der Waals surface area contributed by atoms with Crippen LogP contribution in [0.15, 0.2) is 24.3 Å². The van der Waals surface area contributed by atoms with Crippen LogP contribution in [0.25, 0.3) is 0 Å². The maximum atomic E-state index is 12.3. The van der Waals surface area contributed by atoms with Crippen molar-refractivity contribution in [2.75, 3.05) is 25.5 Å². The van der Waals surface area contributed by atoms with Crippen molar-refractivity contribution in [3.8, 4) is 0 Å². The van der Waals surface area contributed by atoms with Crippen LogP contribution < -0.4 is 5.32 Å². The number of hydrogen-bond acceptors (Lipinski definition) is 2. The summed E-state index contributed by atoms with van der Waals surface area (Å²) in [6, 6.07) is 8.24. The lowest BCUT2D eigenvalue weighted by molar-refractivity contribution is -0.134. The highest BCUT2D eigenvalue weighted by molar-refractivity contribution is 5.80. The SMILES string of the molecule is CC(C)CN(C)C(=O)C1CNc2ccccc2C1. The first-order valence-electron chi connectivity index (χ1n) is 6.64. The lowest BCUT2D eigenvalue weighted by Crippen LogP contribution is -2.40. The Morgan fingerprint density at radius 2 is 2.17 bits per heavy atom. The first-order chi connectivity index (χ1) is 8.58. The number of rotatable bonds is 3. The predicted octanol–water partition coefficient (Wildman–Crippen LogP) is 2.39. The van der Waals surface area contributed by atoms with E-state index in [-0.39, 0.29) is 11.8 Å². The Balaban J connectivity index is 2.02. The van der Waals surface area contributed by atoms with E-state index >= 15 is 0 Å². The molecule has 0 saturated carbocycles. The summed E-state index contributed by atoms with van der Waals surface area (Å²) in [6.45, 7) is 5.85. The van der Waals surface area contributed by atoms with Crippen molar-refractivity contribution in [3.05, 3.63) is 29.8 Å². The van der Waals surface area contributed by atoms with E-state index in [0.29, 0.717) is 5.92 Å². The normalized spacial score (nSPS) is 18.1. The van der Waals surface area contributed by atoms with Gasteiger partial charge in [-0.15, -0.1) is 0 Å². The van der Waals surface area contributed by atoms with Gasteiger partial charge in [-0.2, -0.15) is 0 Å². The molecule has 0 spiro atoms. The molecule has 1 heterocycles. The topological polar surface area (TPSA) is 32.3 Å². The summed E-state index contributed by atoms with van der Waals surface area (Å²) in [4.78, 5) is 14.2. The van der Waals surface area contributed by atoms with Gasteiger partial charge in [-0.25, -0.2) is 0 Å². The highest BCUT2D eigenvalue weighted by Gasteiger charge is 2.26. The van der Waals surface area contributed by atoms with Crippen LogP contribution in [-0.4, -0.2) is 30.9 Å². The van der Waals surface area contributed by atoms with Gasteiger partial charge in [0.1, 0.15) is 0 Å². The number of nitrogens with one attached hydrogen (secondary N) is 1. The fourth-order valence-electron chi connectivity index (χ4n) is 2.57. The summed E-state index contributed by atoms with van der Waals surface area (Å²) in [5.41, 5.74) is 2.42. The Morgan fingerprint density at radius 1 is 1.44 bits per heavy atom. The number of nitrogens with zero attached hydrogens (tertiary/aromatic N) is 1. The second-order valence-electron chi connectivity index (χ2n) is 5.55. The lowest BCUT2D eigenvalue weighted by atomic mass is 9.93.